The van der Waals surface area contributed by atoms with Gasteiger partial charge in [-0.05, 0) is 26.7 Å². The Morgan fingerprint density at radius 3 is 2.19 bits per heavy atom. The lowest BCUT2D eigenvalue weighted by atomic mass is 10.1. The SMILES string of the molecule is CCCCCCC(COC(=O)CC(C(=O)O)S(=O)(=O)O)OC(=O)C(C)(C)Br. The Labute approximate surface area is 167 Å². The van der Waals surface area contributed by atoms with Gasteiger partial charge in [-0.2, -0.15) is 8.42 Å². The predicted molar refractivity (Wildman–Crippen MR) is 100 cm³/mol. The lowest BCUT2D eigenvalue weighted by Gasteiger charge is -2.22. The van der Waals surface area contributed by atoms with E-state index in [0.717, 1.165) is 25.7 Å². The van der Waals surface area contributed by atoms with E-state index in [1.807, 2.05) is 6.92 Å². The number of carbonyl (C=O) groups excluding carboxylic acids is 2. The Balaban J connectivity index is 4.82. The van der Waals surface area contributed by atoms with Gasteiger partial charge in [-0.25, -0.2) is 0 Å². The number of alkyl halides is 1. The first-order valence-corrected chi connectivity index (χ1v) is 10.8. The minimum Gasteiger partial charge on any atom is -0.480 e. The van der Waals surface area contributed by atoms with Crippen molar-refractivity contribution in [2.75, 3.05) is 6.61 Å². The topological polar surface area (TPSA) is 144 Å². The van der Waals surface area contributed by atoms with Gasteiger partial charge in [0.1, 0.15) is 17.0 Å². The van der Waals surface area contributed by atoms with Gasteiger partial charge in [-0.3, -0.25) is 18.9 Å². The van der Waals surface area contributed by atoms with E-state index in [-0.39, 0.29) is 6.61 Å². The van der Waals surface area contributed by atoms with Crippen molar-refractivity contribution in [3.05, 3.63) is 0 Å². The summed E-state index contributed by atoms with van der Waals surface area (Å²) >= 11 is 3.17. The van der Waals surface area contributed by atoms with Crippen LogP contribution < -0.4 is 0 Å². The summed E-state index contributed by atoms with van der Waals surface area (Å²) in [5, 5.41) is 6.48. The van der Waals surface area contributed by atoms with E-state index in [9.17, 15) is 22.8 Å². The standard InChI is InChI=1S/C16H27BrO9S/c1-4-5-6-7-8-11(26-15(21)16(2,3)17)10-25-13(18)9-12(14(19)20)27(22,23)24/h11-12H,4-10H2,1-3H3,(H,19,20)(H,22,23,24). The van der Waals surface area contributed by atoms with Gasteiger partial charge in [0, 0.05) is 0 Å². The molecule has 11 heteroatoms. The molecule has 2 N–H and O–H groups in total. The number of carboxylic acid groups (broad SMARTS) is 1. The van der Waals surface area contributed by atoms with Gasteiger partial charge in [-0.15, -0.1) is 0 Å². The van der Waals surface area contributed by atoms with Crippen molar-refractivity contribution in [3.63, 3.8) is 0 Å². The molecule has 0 fully saturated rings. The van der Waals surface area contributed by atoms with Crippen LogP contribution in [0.25, 0.3) is 0 Å². The maximum Gasteiger partial charge on any atom is 0.325 e. The molecule has 0 saturated carbocycles. The molecule has 0 saturated heterocycles. The van der Waals surface area contributed by atoms with E-state index in [1.54, 1.807) is 13.8 Å². The predicted octanol–water partition coefficient (Wildman–Crippen LogP) is 2.32. The van der Waals surface area contributed by atoms with Crippen molar-refractivity contribution in [2.45, 2.75) is 75.0 Å². The number of carbonyl (C=O) groups is 3. The number of esters is 2. The summed E-state index contributed by atoms with van der Waals surface area (Å²) in [4.78, 5) is 34.6. The number of aliphatic carboxylic acids is 1. The van der Waals surface area contributed by atoms with Crippen molar-refractivity contribution in [1.29, 1.82) is 0 Å². The third kappa shape index (κ3) is 11.3. The third-order valence-corrected chi connectivity index (χ3v) is 4.97. The maximum atomic E-state index is 12.0. The Morgan fingerprint density at radius 1 is 1.15 bits per heavy atom. The fourth-order valence-electron chi connectivity index (χ4n) is 1.98. The minimum atomic E-state index is -4.95. The Morgan fingerprint density at radius 2 is 1.74 bits per heavy atom. The van der Waals surface area contributed by atoms with Crippen LogP contribution in [0.5, 0.6) is 0 Å². The zero-order valence-electron chi connectivity index (χ0n) is 15.6. The van der Waals surface area contributed by atoms with E-state index < -0.39 is 50.1 Å². The smallest absolute Gasteiger partial charge is 0.325 e. The highest BCUT2D eigenvalue weighted by atomic mass is 79.9. The number of ether oxygens (including phenoxy) is 2. The van der Waals surface area contributed by atoms with Crippen LogP contribution in [0, 0.1) is 0 Å². The van der Waals surface area contributed by atoms with Gasteiger partial charge in [0.25, 0.3) is 10.1 Å². The highest BCUT2D eigenvalue weighted by Crippen LogP contribution is 2.20. The van der Waals surface area contributed by atoms with Gasteiger partial charge in [-0.1, -0.05) is 42.1 Å². The summed E-state index contributed by atoms with van der Waals surface area (Å²) in [6.45, 7) is 4.90. The van der Waals surface area contributed by atoms with Crippen molar-refractivity contribution in [3.8, 4) is 0 Å². The largest absolute Gasteiger partial charge is 0.480 e. The van der Waals surface area contributed by atoms with Crippen LogP contribution in [0.4, 0.5) is 0 Å². The number of hydrogen-bond acceptors (Lipinski definition) is 7. The molecule has 0 heterocycles. The van der Waals surface area contributed by atoms with Crippen molar-refractivity contribution < 1.29 is 41.9 Å². The van der Waals surface area contributed by atoms with E-state index in [2.05, 4.69) is 15.9 Å². The number of halogens is 1. The molecule has 2 atom stereocenters. The molecule has 0 spiro atoms. The highest BCUT2D eigenvalue weighted by molar-refractivity contribution is 9.10. The second-order valence-corrected chi connectivity index (χ2v) is 10.2. The van der Waals surface area contributed by atoms with Crippen LogP contribution in [0.2, 0.25) is 0 Å². The normalized spacial score (nSPS) is 14.3. The lowest BCUT2D eigenvalue weighted by molar-refractivity contribution is -0.161. The lowest BCUT2D eigenvalue weighted by Crippen LogP contribution is -2.35. The molecule has 0 bridgehead atoms. The minimum absolute atomic E-state index is 0.336. The van der Waals surface area contributed by atoms with E-state index in [1.165, 1.54) is 0 Å². The zero-order chi connectivity index (χ0) is 21.3. The molecule has 0 aromatic rings. The van der Waals surface area contributed by atoms with Gasteiger partial charge < -0.3 is 14.6 Å². The van der Waals surface area contributed by atoms with Crippen LogP contribution in [0.15, 0.2) is 0 Å². The second kappa shape index (κ2) is 11.6. The molecule has 9 nitrogen and oxygen atoms in total. The Bertz CT molecular complexity index is 610. The number of rotatable bonds is 13. The van der Waals surface area contributed by atoms with Crippen LogP contribution in [-0.4, -0.2) is 58.3 Å². The fraction of sp³-hybridized carbons (Fsp3) is 0.812. The number of unbranched alkanes of at least 4 members (excludes halogenated alkanes) is 3. The fourth-order valence-corrected chi connectivity index (χ4v) is 2.68. The molecule has 0 aliphatic carbocycles. The first kappa shape index (κ1) is 25.8. The van der Waals surface area contributed by atoms with Gasteiger partial charge >= 0.3 is 17.9 Å². The summed E-state index contributed by atoms with van der Waals surface area (Å²) in [6, 6.07) is 0. The molecular weight excluding hydrogens is 448 g/mol. The monoisotopic (exact) mass is 474 g/mol. The van der Waals surface area contributed by atoms with E-state index in [4.69, 9.17) is 19.1 Å². The van der Waals surface area contributed by atoms with Gasteiger partial charge in [0.05, 0.1) is 6.42 Å². The van der Waals surface area contributed by atoms with Crippen LogP contribution in [0.3, 0.4) is 0 Å². The van der Waals surface area contributed by atoms with Crippen LogP contribution in [0.1, 0.15) is 59.3 Å². The highest BCUT2D eigenvalue weighted by Gasteiger charge is 2.34. The molecular formula is C16H27BrO9S. The second-order valence-electron chi connectivity index (χ2n) is 6.58. The molecule has 0 aromatic heterocycles. The summed E-state index contributed by atoms with van der Waals surface area (Å²) < 4.78 is 40.1. The van der Waals surface area contributed by atoms with Gasteiger partial charge in [0.2, 0.25) is 0 Å². The summed E-state index contributed by atoms with van der Waals surface area (Å²) in [5.41, 5.74) is 0. The average Bonchev–Trinajstić information content (AvgIpc) is 2.51. The van der Waals surface area contributed by atoms with Crippen molar-refractivity contribution in [2.24, 2.45) is 0 Å². The summed E-state index contributed by atoms with van der Waals surface area (Å²) in [6.07, 6.45) is 2.29. The maximum absolute atomic E-state index is 12.0. The van der Waals surface area contributed by atoms with E-state index in [0.29, 0.717) is 6.42 Å². The molecule has 27 heavy (non-hydrogen) atoms. The average molecular weight is 475 g/mol. The van der Waals surface area contributed by atoms with Gasteiger partial charge in [0.15, 0.2) is 5.25 Å². The third-order valence-electron chi connectivity index (χ3n) is 3.56. The number of hydrogen-bond donors (Lipinski definition) is 2. The molecule has 0 radical (unpaired) electrons. The molecule has 0 rings (SSSR count). The first-order chi connectivity index (χ1) is 12.3. The first-order valence-electron chi connectivity index (χ1n) is 8.53. The molecule has 0 aliphatic rings. The summed E-state index contributed by atoms with van der Waals surface area (Å²) in [5.74, 6) is -3.55. The Hall–Kier alpha value is -1.20. The Kier molecular flexibility index (Phi) is 11.1. The molecule has 0 aliphatic heterocycles. The van der Waals surface area contributed by atoms with E-state index >= 15 is 0 Å². The summed E-state index contributed by atoms with van der Waals surface area (Å²) in [7, 11) is -4.95. The molecule has 158 valence electrons. The zero-order valence-corrected chi connectivity index (χ0v) is 18.0. The quantitative estimate of drug-likeness (QED) is 0.177. The van der Waals surface area contributed by atoms with Crippen molar-refractivity contribution >= 4 is 44.0 Å². The molecule has 0 amide bonds. The molecule has 0 aromatic carbocycles. The molecule has 2 unspecified atom stereocenters. The van der Waals surface area contributed by atoms with Crippen LogP contribution in [-0.2, 0) is 34.0 Å². The van der Waals surface area contributed by atoms with Crippen molar-refractivity contribution in [1.82, 2.24) is 0 Å². The van der Waals surface area contributed by atoms with Crippen LogP contribution >= 0.6 is 15.9 Å². The number of carboxylic acids is 1.